The number of ether oxygens (including phenoxy) is 13. The Bertz CT molecular complexity index is 901. The Kier molecular flexibility index (Phi) is 19.3. The third kappa shape index (κ3) is 15.1. The first kappa shape index (κ1) is 44.7. The van der Waals surface area contributed by atoms with E-state index in [1.54, 1.807) is 14.2 Å². The van der Waals surface area contributed by atoms with Gasteiger partial charge in [-0.15, -0.1) is 0 Å². The number of hydrogen-bond acceptors (Lipinski definition) is 18. The minimum absolute atomic E-state index is 0.00264. The summed E-state index contributed by atoms with van der Waals surface area (Å²) in [5, 5.41) is 44.7. The monoisotopic (exact) mass is 746 g/mol. The maximum absolute atomic E-state index is 9.13. The molecule has 0 aromatic carbocycles. The number of aliphatic hydroxyl groups is 5. The van der Waals surface area contributed by atoms with Crippen molar-refractivity contribution in [2.75, 3.05) is 74.2 Å². The molecule has 0 saturated carbocycles. The second kappa shape index (κ2) is 22.0. The van der Waals surface area contributed by atoms with Crippen LogP contribution in [0.2, 0.25) is 0 Å². The fourth-order valence-corrected chi connectivity index (χ4v) is 5.99. The molecule has 18 heteroatoms. The molecule has 302 valence electrons. The van der Waals surface area contributed by atoms with Crippen LogP contribution in [-0.2, 0) is 61.6 Å². The van der Waals surface area contributed by atoms with Gasteiger partial charge < -0.3 is 87.1 Å². The van der Waals surface area contributed by atoms with Gasteiger partial charge in [-0.05, 0) is 27.7 Å². The summed E-state index contributed by atoms with van der Waals surface area (Å²) >= 11 is 0. The molecule has 2 unspecified atom stereocenters. The van der Waals surface area contributed by atoms with Crippen molar-refractivity contribution in [1.82, 2.24) is 0 Å². The van der Waals surface area contributed by atoms with E-state index < -0.39 is 36.4 Å². The number of rotatable bonds is 13. The van der Waals surface area contributed by atoms with Crippen molar-refractivity contribution in [1.29, 1.82) is 0 Å². The second-order valence-electron chi connectivity index (χ2n) is 13.7. The largest absolute Gasteiger partial charge is 0.394 e. The lowest BCUT2D eigenvalue weighted by Gasteiger charge is -2.20. The van der Waals surface area contributed by atoms with E-state index in [1.807, 2.05) is 27.7 Å². The van der Waals surface area contributed by atoms with Crippen molar-refractivity contribution >= 4 is 0 Å². The molecule has 12 atom stereocenters. The Hall–Kier alpha value is -0.720. The van der Waals surface area contributed by atoms with Crippen LogP contribution in [0.1, 0.15) is 53.4 Å². The van der Waals surface area contributed by atoms with Gasteiger partial charge in [-0.3, -0.25) is 0 Å². The van der Waals surface area contributed by atoms with E-state index in [-0.39, 0.29) is 62.4 Å². The summed E-state index contributed by atoms with van der Waals surface area (Å²) in [5.41, 5.74) is 0. The zero-order valence-corrected chi connectivity index (χ0v) is 31.0. The van der Waals surface area contributed by atoms with Crippen molar-refractivity contribution in [2.24, 2.45) is 0 Å². The average molecular weight is 747 g/mol. The van der Waals surface area contributed by atoms with Gasteiger partial charge in [-0.25, -0.2) is 0 Å². The third-order valence-corrected chi connectivity index (χ3v) is 8.34. The van der Waals surface area contributed by atoms with Crippen LogP contribution in [0.3, 0.4) is 0 Å². The van der Waals surface area contributed by atoms with E-state index in [0.717, 1.165) is 12.8 Å². The first-order chi connectivity index (χ1) is 24.2. The van der Waals surface area contributed by atoms with E-state index in [0.29, 0.717) is 52.5 Å². The van der Waals surface area contributed by atoms with Crippen LogP contribution in [0.4, 0.5) is 0 Å². The predicted molar refractivity (Wildman–Crippen MR) is 174 cm³/mol. The fraction of sp³-hybridized carbons (Fsp3) is 1.00. The Morgan fingerprint density at radius 2 is 1.00 bits per heavy atom. The predicted octanol–water partition coefficient (Wildman–Crippen LogP) is -0.620. The Balaban J connectivity index is 0.000000186. The first-order valence-electron chi connectivity index (χ1n) is 17.5. The molecule has 0 amide bonds. The Morgan fingerprint density at radius 1 is 0.549 bits per heavy atom. The van der Waals surface area contributed by atoms with Gasteiger partial charge in [0.1, 0.15) is 24.4 Å². The molecule has 0 aromatic rings. The quantitative estimate of drug-likeness (QED) is 0.148. The zero-order valence-electron chi connectivity index (χ0n) is 31.0. The highest BCUT2D eigenvalue weighted by Gasteiger charge is 2.49. The molecule has 18 nitrogen and oxygen atoms in total. The van der Waals surface area contributed by atoms with Gasteiger partial charge >= 0.3 is 0 Å². The van der Waals surface area contributed by atoms with Crippen LogP contribution in [0.25, 0.3) is 0 Å². The third-order valence-electron chi connectivity index (χ3n) is 8.34. The van der Waals surface area contributed by atoms with Gasteiger partial charge in [-0.2, -0.15) is 0 Å². The van der Waals surface area contributed by atoms with Crippen LogP contribution >= 0.6 is 0 Å². The van der Waals surface area contributed by atoms with Crippen LogP contribution in [0.5, 0.6) is 0 Å². The molecule has 6 rings (SSSR count). The lowest BCUT2D eigenvalue weighted by Crippen LogP contribution is -2.26. The summed E-state index contributed by atoms with van der Waals surface area (Å²) in [4.78, 5) is 0. The summed E-state index contributed by atoms with van der Waals surface area (Å²) in [6.07, 6.45) is -1.53. The number of methoxy groups -OCH3 is 3. The van der Waals surface area contributed by atoms with Crippen molar-refractivity contribution in [3.63, 3.8) is 0 Å². The smallest absolute Gasteiger partial charge is 0.187 e. The van der Waals surface area contributed by atoms with E-state index in [1.165, 1.54) is 7.11 Å². The minimum Gasteiger partial charge on any atom is -0.394 e. The molecular formula is C33H62O18. The summed E-state index contributed by atoms with van der Waals surface area (Å²) in [6, 6.07) is 0. The molecular weight excluding hydrogens is 684 g/mol. The van der Waals surface area contributed by atoms with Gasteiger partial charge in [-0.1, -0.05) is 0 Å². The van der Waals surface area contributed by atoms with Gasteiger partial charge in [0.15, 0.2) is 36.7 Å². The molecule has 0 bridgehead atoms. The maximum atomic E-state index is 9.13. The molecule has 0 spiro atoms. The van der Waals surface area contributed by atoms with Crippen molar-refractivity contribution in [2.45, 2.75) is 139 Å². The van der Waals surface area contributed by atoms with Crippen molar-refractivity contribution in [3.8, 4) is 0 Å². The summed E-state index contributed by atoms with van der Waals surface area (Å²) < 4.78 is 68.5. The minimum atomic E-state index is -1.06. The molecule has 6 saturated heterocycles. The summed E-state index contributed by atoms with van der Waals surface area (Å²) in [6.45, 7) is 10.7. The van der Waals surface area contributed by atoms with E-state index in [4.69, 9.17) is 87.1 Å². The van der Waals surface area contributed by atoms with Crippen LogP contribution in [0.15, 0.2) is 0 Å². The standard InChI is InChI=1S/C11H20O5.C8H16O5.C8H14O4.C6H12O4/c1-11(2)15-9-6-8(14-10(9)16-11)7-13-5-4-12-3;1-11-2-3-12-5-6-4-7(9)8(10)13-6;1-8(2)11-6-3-5(4-9)10-7(6)12-8;1-9-6-5(8)2-4(3-7)10-6/h8-10H,4-7H2,1-3H3;6-10H,2-5H2,1H3;5-7,9H,3-4H2,1-2H3;4-8H,2-3H2,1H3/t8-,9-,10+;6-,7-,8?;5-,6-,7+;4-,5-,6?/m0000/s1. The molecule has 6 fully saturated rings. The highest BCUT2D eigenvalue weighted by molar-refractivity contribution is 4.86. The SMILES string of the molecule is CC1(C)O[C@H]2O[C@H](CO)C[C@@H]2O1.COC1O[C@H](CO)C[C@@H]1O.COCCOC[C@@H]1C[C@@H]2OC(C)(C)O[C@H]2O1.COCCOC[C@@H]1C[C@H](O)C(O)O1. The van der Waals surface area contributed by atoms with Crippen LogP contribution in [-0.4, -0.2) is 185 Å². The second-order valence-corrected chi connectivity index (χ2v) is 13.7. The van der Waals surface area contributed by atoms with Gasteiger partial charge in [0, 0.05) is 47.0 Å². The maximum Gasteiger partial charge on any atom is 0.187 e. The first-order valence-corrected chi connectivity index (χ1v) is 17.5. The van der Waals surface area contributed by atoms with E-state index in [9.17, 15) is 0 Å². The van der Waals surface area contributed by atoms with Crippen LogP contribution < -0.4 is 0 Å². The van der Waals surface area contributed by atoms with E-state index in [2.05, 4.69) is 0 Å². The fourth-order valence-electron chi connectivity index (χ4n) is 5.99. The van der Waals surface area contributed by atoms with Gasteiger partial charge in [0.2, 0.25) is 0 Å². The number of aliphatic hydroxyl groups excluding tert-OH is 5. The molecule has 0 aromatic heterocycles. The lowest BCUT2D eigenvalue weighted by atomic mass is 10.2. The molecule has 6 aliphatic rings. The zero-order chi connectivity index (χ0) is 37.6. The summed E-state index contributed by atoms with van der Waals surface area (Å²) in [7, 11) is 4.72. The van der Waals surface area contributed by atoms with Crippen molar-refractivity contribution < 1.29 is 87.1 Å². The molecule has 5 N–H and O–H groups in total. The topological polar surface area (TPSA) is 221 Å². The Morgan fingerprint density at radius 3 is 1.39 bits per heavy atom. The Labute approximate surface area is 300 Å². The molecule has 6 heterocycles. The summed E-state index contributed by atoms with van der Waals surface area (Å²) in [5.74, 6) is -1.05. The van der Waals surface area contributed by atoms with E-state index >= 15 is 0 Å². The number of hydrogen-bond donors (Lipinski definition) is 5. The van der Waals surface area contributed by atoms with Gasteiger partial charge in [0.05, 0.1) is 77.3 Å². The molecule has 6 aliphatic heterocycles. The lowest BCUT2D eigenvalue weighted by molar-refractivity contribution is -0.209. The average Bonchev–Trinajstić information content (AvgIpc) is 3.90. The normalized spacial score (nSPS) is 38.6. The number of fused-ring (bicyclic) bond motifs is 2. The molecule has 51 heavy (non-hydrogen) atoms. The van der Waals surface area contributed by atoms with Crippen molar-refractivity contribution in [3.05, 3.63) is 0 Å². The van der Waals surface area contributed by atoms with Crippen LogP contribution in [0, 0.1) is 0 Å². The molecule has 0 aliphatic carbocycles. The van der Waals surface area contributed by atoms with Gasteiger partial charge in [0.25, 0.3) is 0 Å². The highest BCUT2D eigenvalue weighted by Crippen LogP contribution is 2.38. The highest BCUT2D eigenvalue weighted by atomic mass is 16.8. The molecule has 0 radical (unpaired) electrons.